The van der Waals surface area contributed by atoms with Gasteiger partial charge in [0.05, 0.1) is 5.92 Å². The average molecular weight is 454 g/mol. The Hall–Kier alpha value is -3.88. The lowest BCUT2D eigenvalue weighted by atomic mass is 9.85. The van der Waals surface area contributed by atoms with Crippen LogP contribution in [-0.2, 0) is 23.9 Å². The number of carboxylic acid groups (broad SMARTS) is 1. The predicted molar refractivity (Wildman–Crippen MR) is 119 cm³/mol. The number of amides is 2. The fourth-order valence-electron chi connectivity index (χ4n) is 4.20. The Bertz CT molecular complexity index is 1000. The lowest BCUT2D eigenvalue weighted by molar-refractivity contribution is -0.140. The van der Waals surface area contributed by atoms with E-state index in [0.29, 0.717) is 17.2 Å². The number of benzene rings is 2. The van der Waals surface area contributed by atoms with Gasteiger partial charge in [-0.25, -0.2) is 0 Å². The lowest BCUT2D eigenvalue weighted by Crippen LogP contribution is -2.38. The average Bonchev–Trinajstić information content (AvgIpc) is 3.13. The SMILES string of the molecule is CNC(=O)C1CC(OC=O)C(C(=O)Nc2ccc(Oc3ccc(C)cc3)cc2)C1CC(=O)O. The van der Waals surface area contributed by atoms with Gasteiger partial charge >= 0.3 is 5.97 Å². The normalized spacial score (nSPS) is 21.6. The van der Waals surface area contributed by atoms with Crippen LogP contribution < -0.4 is 15.4 Å². The number of carboxylic acids is 1. The molecule has 4 unspecified atom stereocenters. The molecule has 0 saturated heterocycles. The summed E-state index contributed by atoms with van der Waals surface area (Å²) >= 11 is 0. The van der Waals surface area contributed by atoms with Crippen molar-refractivity contribution in [2.45, 2.75) is 25.9 Å². The molecule has 1 saturated carbocycles. The first kappa shape index (κ1) is 23.8. The van der Waals surface area contributed by atoms with E-state index in [1.807, 2.05) is 31.2 Å². The van der Waals surface area contributed by atoms with Crippen molar-refractivity contribution in [2.24, 2.45) is 17.8 Å². The molecule has 33 heavy (non-hydrogen) atoms. The number of nitrogens with one attached hydrogen (secondary N) is 2. The van der Waals surface area contributed by atoms with Crippen LogP contribution in [0, 0.1) is 24.7 Å². The van der Waals surface area contributed by atoms with Crippen LogP contribution in [0.15, 0.2) is 48.5 Å². The zero-order chi connectivity index (χ0) is 24.0. The summed E-state index contributed by atoms with van der Waals surface area (Å²) < 4.78 is 10.8. The molecule has 0 heterocycles. The number of hydrogen-bond acceptors (Lipinski definition) is 6. The van der Waals surface area contributed by atoms with Crippen molar-refractivity contribution < 1.29 is 33.8 Å². The van der Waals surface area contributed by atoms with Gasteiger partial charge in [-0.2, -0.15) is 0 Å². The van der Waals surface area contributed by atoms with E-state index in [1.54, 1.807) is 24.3 Å². The van der Waals surface area contributed by atoms with Crippen LogP contribution in [0.25, 0.3) is 0 Å². The van der Waals surface area contributed by atoms with E-state index in [0.717, 1.165) is 5.56 Å². The van der Waals surface area contributed by atoms with Gasteiger partial charge in [-0.3, -0.25) is 19.2 Å². The minimum Gasteiger partial charge on any atom is -0.481 e. The second kappa shape index (κ2) is 10.6. The molecule has 0 aliphatic heterocycles. The highest BCUT2D eigenvalue weighted by molar-refractivity contribution is 5.95. The Morgan fingerprint density at radius 3 is 2.18 bits per heavy atom. The van der Waals surface area contributed by atoms with Gasteiger partial charge in [-0.1, -0.05) is 17.7 Å². The monoisotopic (exact) mass is 454 g/mol. The van der Waals surface area contributed by atoms with Crippen molar-refractivity contribution in [1.29, 1.82) is 0 Å². The molecule has 1 aliphatic rings. The van der Waals surface area contributed by atoms with Crippen molar-refractivity contribution >= 4 is 29.9 Å². The summed E-state index contributed by atoms with van der Waals surface area (Å²) in [6, 6.07) is 14.2. The first-order valence-corrected chi connectivity index (χ1v) is 10.5. The largest absolute Gasteiger partial charge is 0.481 e. The highest BCUT2D eigenvalue weighted by atomic mass is 16.5. The molecule has 9 heteroatoms. The lowest BCUT2D eigenvalue weighted by Gasteiger charge is -2.23. The van der Waals surface area contributed by atoms with Gasteiger partial charge in [0.1, 0.15) is 17.6 Å². The molecule has 0 spiro atoms. The third kappa shape index (κ3) is 5.88. The van der Waals surface area contributed by atoms with Gasteiger partial charge in [0, 0.05) is 25.1 Å². The van der Waals surface area contributed by atoms with Crippen molar-refractivity contribution in [2.75, 3.05) is 12.4 Å². The number of rotatable bonds is 9. The van der Waals surface area contributed by atoms with Crippen molar-refractivity contribution in [3.8, 4) is 11.5 Å². The van der Waals surface area contributed by atoms with Crippen LogP contribution in [0.3, 0.4) is 0 Å². The van der Waals surface area contributed by atoms with Crippen LogP contribution in [0.1, 0.15) is 18.4 Å². The topological polar surface area (TPSA) is 131 Å². The minimum atomic E-state index is -1.14. The van der Waals surface area contributed by atoms with Crippen LogP contribution in [-0.4, -0.2) is 42.5 Å². The van der Waals surface area contributed by atoms with E-state index in [4.69, 9.17) is 9.47 Å². The molecule has 2 aromatic carbocycles. The summed E-state index contributed by atoms with van der Waals surface area (Å²) in [7, 11) is 1.43. The first-order valence-electron chi connectivity index (χ1n) is 10.5. The van der Waals surface area contributed by atoms with Gasteiger partial charge < -0.3 is 25.2 Å². The zero-order valence-corrected chi connectivity index (χ0v) is 18.3. The quantitative estimate of drug-likeness (QED) is 0.497. The van der Waals surface area contributed by atoms with Gasteiger partial charge in [-0.05, 0) is 55.7 Å². The molecule has 0 aromatic heterocycles. The Labute approximate surface area is 191 Å². The molecule has 9 nitrogen and oxygen atoms in total. The van der Waals surface area contributed by atoms with Gasteiger partial charge in [0.2, 0.25) is 11.8 Å². The number of carbonyl (C=O) groups excluding carboxylic acids is 3. The maximum Gasteiger partial charge on any atom is 0.303 e. The Balaban J connectivity index is 1.75. The van der Waals surface area contributed by atoms with Crippen LogP contribution in [0.4, 0.5) is 5.69 Å². The molecule has 174 valence electrons. The molecule has 4 atom stereocenters. The number of ether oxygens (including phenoxy) is 2. The van der Waals surface area contributed by atoms with Crippen molar-refractivity contribution in [3.63, 3.8) is 0 Å². The molecular weight excluding hydrogens is 428 g/mol. The minimum absolute atomic E-state index is 0.0672. The van der Waals surface area contributed by atoms with Crippen molar-refractivity contribution in [1.82, 2.24) is 5.32 Å². The van der Waals surface area contributed by atoms with E-state index in [1.165, 1.54) is 7.05 Å². The molecule has 3 rings (SSSR count). The number of aryl methyl sites for hydroxylation is 1. The molecule has 0 bridgehead atoms. The maximum atomic E-state index is 13.1. The third-order valence-corrected chi connectivity index (χ3v) is 5.77. The molecule has 0 radical (unpaired) electrons. The number of hydrogen-bond donors (Lipinski definition) is 3. The summed E-state index contributed by atoms with van der Waals surface area (Å²) in [5, 5.41) is 14.6. The predicted octanol–water partition coefficient (Wildman–Crippen LogP) is 2.74. The molecule has 1 fully saturated rings. The summed E-state index contributed by atoms with van der Waals surface area (Å²) in [4.78, 5) is 47.8. The highest BCUT2D eigenvalue weighted by Crippen LogP contribution is 2.42. The Morgan fingerprint density at radius 2 is 1.64 bits per heavy atom. The maximum absolute atomic E-state index is 13.1. The van der Waals surface area contributed by atoms with E-state index in [2.05, 4.69) is 10.6 Å². The summed E-state index contributed by atoms with van der Waals surface area (Å²) in [6.45, 7) is 2.19. The number of carbonyl (C=O) groups is 4. The molecule has 2 amide bonds. The summed E-state index contributed by atoms with van der Waals surface area (Å²) in [5.74, 6) is -3.39. The van der Waals surface area contributed by atoms with Gasteiger partial charge in [0.25, 0.3) is 6.47 Å². The van der Waals surface area contributed by atoms with Crippen molar-refractivity contribution in [3.05, 3.63) is 54.1 Å². The first-order chi connectivity index (χ1) is 15.8. The second-order valence-corrected chi connectivity index (χ2v) is 7.94. The second-order valence-electron chi connectivity index (χ2n) is 7.94. The molecular formula is C24H26N2O7. The summed E-state index contributed by atoms with van der Waals surface area (Å²) in [6.07, 6.45) is -1.24. The highest BCUT2D eigenvalue weighted by Gasteiger charge is 2.51. The fraction of sp³-hybridized carbons (Fsp3) is 0.333. The molecule has 1 aliphatic carbocycles. The van der Waals surface area contributed by atoms with Gasteiger partial charge in [-0.15, -0.1) is 0 Å². The van der Waals surface area contributed by atoms with E-state index >= 15 is 0 Å². The Kier molecular flexibility index (Phi) is 7.66. The molecule has 2 aromatic rings. The standard InChI is InChI=1S/C24H26N2O7/c1-14-3-7-16(8-4-14)33-17-9-5-15(6-10-17)26-24(31)22-18(12-21(28)29)19(23(30)25-2)11-20(22)32-13-27/h3-10,13,18-20,22H,11-12H2,1-2H3,(H,25,30)(H,26,31)(H,28,29). The van der Waals surface area contributed by atoms with Crippen LogP contribution in [0.2, 0.25) is 0 Å². The van der Waals surface area contributed by atoms with Gasteiger partial charge in [0.15, 0.2) is 0 Å². The molecule has 3 N–H and O–H groups in total. The summed E-state index contributed by atoms with van der Waals surface area (Å²) in [5.41, 5.74) is 1.57. The number of anilines is 1. The van der Waals surface area contributed by atoms with E-state index in [-0.39, 0.29) is 12.9 Å². The van der Waals surface area contributed by atoms with Crippen LogP contribution in [0.5, 0.6) is 11.5 Å². The van der Waals surface area contributed by atoms with E-state index < -0.39 is 48.1 Å². The van der Waals surface area contributed by atoms with E-state index in [9.17, 15) is 24.3 Å². The fourth-order valence-corrected chi connectivity index (χ4v) is 4.20. The Morgan fingerprint density at radius 1 is 1.03 bits per heavy atom. The van der Waals surface area contributed by atoms with Crippen LogP contribution >= 0.6 is 0 Å². The third-order valence-electron chi connectivity index (χ3n) is 5.77. The number of aliphatic carboxylic acids is 1. The zero-order valence-electron chi connectivity index (χ0n) is 18.3. The smallest absolute Gasteiger partial charge is 0.303 e.